The largest absolute Gasteiger partial charge is 0.371 e. The molecule has 1 N–H and O–H groups in total. The Balaban J connectivity index is 2.25. The number of pyridine rings is 1. The molecule has 7 heteroatoms. The van der Waals surface area contributed by atoms with Crippen LogP contribution in [-0.2, 0) is 13.6 Å². The van der Waals surface area contributed by atoms with Crippen molar-refractivity contribution in [3.8, 4) is 0 Å². The van der Waals surface area contributed by atoms with Gasteiger partial charge in [0.15, 0.2) is 23.3 Å². The molecule has 0 fully saturated rings. The Morgan fingerprint density at radius 1 is 1.37 bits per heavy atom. The van der Waals surface area contributed by atoms with Crippen molar-refractivity contribution in [2.24, 2.45) is 7.05 Å². The van der Waals surface area contributed by atoms with Crippen LogP contribution in [0.2, 0.25) is 0 Å². The summed E-state index contributed by atoms with van der Waals surface area (Å²) in [5, 5.41) is 6.63. The van der Waals surface area contributed by atoms with Gasteiger partial charge in [-0.25, -0.2) is 13.8 Å². The van der Waals surface area contributed by atoms with Crippen molar-refractivity contribution < 1.29 is 8.78 Å². The number of nitrogens with zero attached hydrogens (tertiary/aromatic N) is 4. The molecule has 0 saturated carbocycles. The molecule has 0 radical (unpaired) electrons. The Kier molecular flexibility index (Phi) is 3.64. The summed E-state index contributed by atoms with van der Waals surface area (Å²) in [6.07, 6.45) is 3.52. The second-order valence-electron chi connectivity index (χ2n) is 4.25. The van der Waals surface area contributed by atoms with Gasteiger partial charge < -0.3 is 10.2 Å². The summed E-state index contributed by atoms with van der Waals surface area (Å²) in [4.78, 5) is 5.53. The highest BCUT2D eigenvalue weighted by atomic mass is 19.1. The van der Waals surface area contributed by atoms with Gasteiger partial charge in [0, 0.05) is 45.5 Å². The molecule has 2 aromatic rings. The third kappa shape index (κ3) is 2.81. The average Bonchev–Trinajstić information content (AvgIpc) is 2.74. The molecular formula is C12H15F2N5. The standard InChI is InChI=1S/C12H15F2N5/c1-15-11-9(13)4-10(14)12(17-11)18(2)6-8-5-16-19(3)7-8/h4-5,7H,6H2,1-3H3,(H,15,17). The maximum absolute atomic E-state index is 13.7. The van der Waals surface area contributed by atoms with E-state index >= 15 is 0 Å². The van der Waals surface area contributed by atoms with Crippen molar-refractivity contribution in [1.82, 2.24) is 14.8 Å². The van der Waals surface area contributed by atoms with E-state index in [1.165, 1.54) is 7.05 Å². The van der Waals surface area contributed by atoms with Gasteiger partial charge in [-0.05, 0) is 0 Å². The van der Waals surface area contributed by atoms with Crippen molar-refractivity contribution in [1.29, 1.82) is 0 Å². The average molecular weight is 267 g/mol. The summed E-state index contributed by atoms with van der Waals surface area (Å²) in [6.45, 7) is 0.437. The zero-order chi connectivity index (χ0) is 14.0. The minimum atomic E-state index is -0.710. The first-order chi connectivity index (χ1) is 9.01. The molecule has 102 valence electrons. The molecule has 0 aliphatic heterocycles. The highest BCUT2D eigenvalue weighted by Gasteiger charge is 2.15. The Morgan fingerprint density at radius 2 is 2.11 bits per heavy atom. The summed E-state index contributed by atoms with van der Waals surface area (Å²) in [5.41, 5.74) is 0.918. The third-order valence-electron chi connectivity index (χ3n) is 2.69. The highest BCUT2D eigenvalue weighted by Crippen LogP contribution is 2.22. The molecule has 0 unspecified atom stereocenters. The first-order valence-electron chi connectivity index (χ1n) is 5.73. The van der Waals surface area contributed by atoms with E-state index in [1.54, 1.807) is 29.9 Å². The maximum Gasteiger partial charge on any atom is 0.168 e. The summed E-state index contributed by atoms with van der Waals surface area (Å²) in [5.74, 6) is -1.29. The van der Waals surface area contributed by atoms with E-state index in [0.29, 0.717) is 6.54 Å². The van der Waals surface area contributed by atoms with Gasteiger partial charge in [-0.2, -0.15) is 5.10 Å². The SMILES string of the molecule is CNc1nc(N(C)Cc2cnn(C)c2)c(F)cc1F. The van der Waals surface area contributed by atoms with Crippen LogP contribution in [-0.4, -0.2) is 28.9 Å². The number of halogens is 2. The van der Waals surface area contributed by atoms with Gasteiger partial charge in [-0.3, -0.25) is 4.68 Å². The third-order valence-corrected chi connectivity index (χ3v) is 2.69. The predicted molar refractivity (Wildman–Crippen MR) is 69.0 cm³/mol. The lowest BCUT2D eigenvalue weighted by Crippen LogP contribution is -2.19. The number of aryl methyl sites for hydroxylation is 1. The Hall–Kier alpha value is -2.18. The van der Waals surface area contributed by atoms with Gasteiger partial charge >= 0.3 is 0 Å². The molecule has 5 nitrogen and oxygen atoms in total. The molecule has 0 amide bonds. The summed E-state index contributed by atoms with van der Waals surface area (Å²) < 4.78 is 28.7. The fraction of sp³-hybridized carbons (Fsp3) is 0.333. The molecule has 0 aliphatic rings. The fourth-order valence-corrected chi connectivity index (χ4v) is 1.80. The van der Waals surface area contributed by atoms with Crippen LogP contribution in [0.15, 0.2) is 18.5 Å². The van der Waals surface area contributed by atoms with E-state index in [1.807, 2.05) is 6.20 Å². The van der Waals surface area contributed by atoms with E-state index in [4.69, 9.17) is 0 Å². The van der Waals surface area contributed by atoms with E-state index in [2.05, 4.69) is 15.4 Å². The van der Waals surface area contributed by atoms with Crippen LogP contribution in [0.3, 0.4) is 0 Å². The van der Waals surface area contributed by atoms with Gasteiger partial charge in [-0.1, -0.05) is 0 Å². The lowest BCUT2D eigenvalue weighted by Gasteiger charge is -2.18. The Morgan fingerprint density at radius 3 is 2.68 bits per heavy atom. The topological polar surface area (TPSA) is 46.0 Å². The van der Waals surface area contributed by atoms with Crippen molar-refractivity contribution in [2.75, 3.05) is 24.3 Å². The molecule has 2 aromatic heterocycles. The molecular weight excluding hydrogens is 252 g/mol. The van der Waals surface area contributed by atoms with Crippen LogP contribution >= 0.6 is 0 Å². The van der Waals surface area contributed by atoms with Crippen molar-refractivity contribution in [2.45, 2.75) is 6.54 Å². The molecule has 0 bridgehead atoms. The molecule has 0 atom stereocenters. The van der Waals surface area contributed by atoms with E-state index in [-0.39, 0.29) is 11.6 Å². The molecule has 19 heavy (non-hydrogen) atoms. The van der Waals surface area contributed by atoms with E-state index in [0.717, 1.165) is 11.6 Å². The van der Waals surface area contributed by atoms with Crippen molar-refractivity contribution >= 4 is 11.6 Å². The predicted octanol–water partition coefficient (Wildman–Crippen LogP) is 1.77. The van der Waals surface area contributed by atoms with Crippen LogP contribution in [0.1, 0.15) is 5.56 Å². The summed E-state index contributed by atoms with van der Waals surface area (Å²) in [7, 11) is 5.03. The Labute approximate surface area is 109 Å². The van der Waals surface area contributed by atoms with Crippen LogP contribution in [0, 0.1) is 11.6 Å². The molecule has 0 aliphatic carbocycles. The minimum absolute atomic E-state index is 0.0226. The van der Waals surface area contributed by atoms with E-state index in [9.17, 15) is 8.78 Å². The number of nitrogens with one attached hydrogen (secondary N) is 1. The summed E-state index contributed by atoms with van der Waals surface area (Å²) in [6, 6.07) is 0.827. The first-order valence-corrected chi connectivity index (χ1v) is 5.73. The monoisotopic (exact) mass is 267 g/mol. The number of rotatable bonds is 4. The molecule has 2 rings (SSSR count). The van der Waals surface area contributed by atoms with Crippen molar-refractivity contribution in [3.63, 3.8) is 0 Å². The lowest BCUT2D eigenvalue weighted by molar-refractivity contribution is 0.573. The van der Waals surface area contributed by atoms with Crippen LogP contribution in [0.4, 0.5) is 20.4 Å². The van der Waals surface area contributed by atoms with Crippen molar-refractivity contribution in [3.05, 3.63) is 35.7 Å². The van der Waals surface area contributed by atoms with Gasteiger partial charge in [0.2, 0.25) is 0 Å². The van der Waals surface area contributed by atoms with E-state index < -0.39 is 11.6 Å². The lowest BCUT2D eigenvalue weighted by atomic mass is 10.3. The Bertz CT molecular complexity index is 581. The van der Waals surface area contributed by atoms with Gasteiger partial charge in [0.25, 0.3) is 0 Å². The second-order valence-corrected chi connectivity index (χ2v) is 4.25. The molecule has 0 saturated heterocycles. The van der Waals surface area contributed by atoms with Gasteiger partial charge in [0.05, 0.1) is 6.20 Å². The molecule has 0 spiro atoms. The number of anilines is 2. The normalized spacial score (nSPS) is 10.6. The maximum atomic E-state index is 13.7. The minimum Gasteiger partial charge on any atom is -0.371 e. The number of aromatic nitrogens is 3. The fourth-order valence-electron chi connectivity index (χ4n) is 1.80. The van der Waals surface area contributed by atoms with Crippen LogP contribution in [0.25, 0.3) is 0 Å². The quantitative estimate of drug-likeness (QED) is 0.917. The van der Waals surface area contributed by atoms with Gasteiger partial charge in [0.1, 0.15) is 0 Å². The zero-order valence-corrected chi connectivity index (χ0v) is 11.0. The van der Waals surface area contributed by atoms with Crippen LogP contribution < -0.4 is 10.2 Å². The molecule has 2 heterocycles. The van der Waals surface area contributed by atoms with Gasteiger partial charge in [-0.15, -0.1) is 0 Å². The molecule has 0 aromatic carbocycles. The van der Waals surface area contributed by atoms with Crippen LogP contribution in [0.5, 0.6) is 0 Å². The number of hydrogen-bond acceptors (Lipinski definition) is 4. The second kappa shape index (κ2) is 5.21. The number of hydrogen-bond donors (Lipinski definition) is 1. The summed E-state index contributed by atoms with van der Waals surface area (Å²) >= 11 is 0. The highest BCUT2D eigenvalue weighted by molar-refractivity contribution is 5.48. The smallest absolute Gasteiger partial charge is 0.168 e. The zero-order valence-electron chi connectivity index (χ0n) is 11.0. The first kappa shape index (κ1) is 13.3.